The fraction of sp³-hybridized carbons (Fsp3) is 0.133. The number of nitrogens with one attached hydrogen (secondary N) is 1. The van der Waals surface area contributed by atoms with Crippen molar-refractivity contribution >= 4 is 23.2 Å². The van der Waals surface area contributed by atoms with Crippen LogP contribution in [0, 0.1) is 6.92 Å². The maximum absolute atomic E-state index is 12.1. The molecule has 0 atom stereocenters. The van der Waals surface area contributed by atoms with E-state index in [1.165, 1.54) is 0 Å². The molecule has 1 amide bonds. The Kier molecular flexibility index (Phi) is 4.07. The molecule has 0 saturated carbocycles. The van der Waals surface area contributed by atoms with Crippen molar-refractivity contribution in [3.8, 4) is 5.75 Å². The number of carbonyl (C=O) groups excluding carboxylic acids is 1. The summed E-state index contributed by atoms with van der Waals surface area (Å²) < 4.78 is 5.10. The molecule has 0 unspecified atom stereocenters. The molecule has 1 N–H and O–H groups in total. The topological polar surface area (TPSA) is 38.3 Å². The maximum atomic E-state index is 12.1. The molecule has 4 heteroatoms. The van der Waals surface area contributed by atoms with Gasteiger partial charge in [0.05, 0.1) is 7.11 Å². The van der Waals surface area contributed by atoms with E-state index in [9.17, 15) is 4.79 Å². The molecule has 0 radical (unpaired) electrons. The Balaban J connectivity index is 2.23. The molecule has 0 heterocycles. The van der Waals surface area contributed by atoms with Crippen LogP contribution in [0.25, 0.3) is 0 Å². The first kappa shape index (κ1) is 13.4. The van der Waals surface area contributed by atoms with Crippen molar-refractivity contribution in [2.75, 3.05) is 12.4 Å². The number of methoxy groups -OCH3 is 1. The molecule has 98 valence electrons. The number of benzene rings is 2. The van der Waals surface area contributed by atoms with Crippen molar-refractivity contribution < 1.29 is 9.53 Å². The van der Waals surface area contributed by atoms with Gasteiger partial charge in [-0.2, -0.15) is 0 Å². The van der Waals surface area contributed by atoms with Gasteiger partial charge in [0, 0.05) is 16.3 Å². The molecule has 0 fully saturated rings. The fourth-order valence-corrected chi connectivity index (χ4v) is 1.88. The Morgan fingerprint density at radius 2 is 1.95 bits per heavy atom. The van der Waals surface area contributed by atoms with Crippen molar-refractivity contribution in [2.45, 2.75) is 6.92 Å². The summed E-state index contributed by atoms with van der Waals surface area (Å²) in [5.41, 5.74) is 2.10. The van der Waals surface area contributed by atoms with Crippen LogP contribution in [0.5, 0.6) is 5.75 Å². The number of anilines is 1. The van der Waals surface area contributed by atoms with E-state index in [1.807, 2.05) is 13.0 Å². The van der Waals surface area contributed by atoms with Crippen LogP contribution in [0.3, 0.4) is 0 Å². The molecule has 0 aromatic heterocycles. The predicted molar refractivity (Wildman–Crippen MR) is 77.1 cm³/mol. The first-order valence-corrected chi connectivity index (χ1v) is 6.20. The van der Waals surface area contributed by atoms with Gasteiger partial charge in [-0.25, -0.2) is 0 Å². The number of rotatable bonds is 3. The van der Waals surface area contributed by atoms with Gasteiger partial charge in [-0.05, 0) is 42.8 Å². The lowest BCUT2D eigenvalue weighted by Crippen LogP contribution is -2.12. The average molecular weight is 276 g/mol. The highest BCUT2D eigenvalue weighted by Gasteiger charge is 2.09. The highest BCUT2D eigenvalue weighted by atomic mass is 35.5. The third-order valence-electron chi connectivity index (χ3n) is 2.85. The number of hydrogen-bond acceptors (Lipinski definition) is 2. The van der Waals surface area contributed by atoms with Gasteiger partial charge in [0.2, 0.25) is 0 Å². The van der Waals surface area contributed by atoms with E-state index in [4.69, 9.17) is 16.3 Å². The normalized spacial score (nSPS) is 10.1. The van der Waals surface area contributed by atoms with Gasteiger partial charge in [-0.3, -0.25) is 4.79 Å². The second-order valence-corrected chi connectivity index (χ2v) is 4.51. The highest BCUT2D eigenvalue weighted by Crippen LogP contribution is 2.23. The molecule has 0 bridgehead atoms. The molecule has 19 heavy (non-hydrogen) atoms. The van der Waals surface area contributed by atoms with Gasteiger partial charge in [-0.15, -0.1) is 0 Å². The van der Waals surface area contributed by atoms with Gasteiger partial charge < -0.3 is 10.1 Å². The number of ether oxygens (including phenoxy) is 1. The van der Waals surface area contributed by atoms with Crippen LogP contribution in [-0.2, 0) is 0 Å². The van der Waals surface area contributed by atoms with Crippen LogP contribution in [0.4, 0.5) is 5.69 Å². The summed E-state index contributed by atoms with van der Waals surface area (Å²) in [6.45, 7) is 1.86. The predicted octanol–water partition coefficient (Wildman–Crippen LogP) is 3.91. The molecule has 2 rings (SSSR count). The molecule has 0 saturated heterocycles. The smallest absolute Gasteiger partial charge is 0.255 e. The molecule has 2 aromatic rings. The van der Waals surface area contributed by atoms with Crippen molar-refractivity contribution in [3.63, 3.8) is 0 Å². The molecule has 0 aliphatic heterocycles. The summed E-state index contributed by atoms with van der Waals surface area (Å²) in [5, 5.41) is 3.47. The number of hydrogen-bond donors (Lipinski definition) is 1. The molecule has 2 aromatic carbocycles. The van der Waals surface area contributed by atoms with E-state index in [0.29, 0.717) is 22.0 Å². The lowest BCUT2D eigenvalue weighted by Gasteiger charge is -2.10. The lowest BCUT2D eigenvalue weighted by molar-refractivity contribution is 0.102. The van der Waals surface area contributed by atoms with Crippen molar-refractivity contribution in [1.29, 1.82) is 0 Å². The Hall–Kier alpha value is -2.00. The Bertz CT molecular complexity index is 611. The lowest BCUT2D eigenvalue weighted by atomic mass is 10.1. The standard InChI is InChI=1S/C15H14ClNO2/c1-10-13(16)7-4-8-14(10)17-15(18)11-5-3-6-12(9-11)19-2/h3-9H,1-2H3,(H,17,18). The van der Waals surface area contributed by atoms with Crippen LogP contribution in [0.2, 0.25) is 5.02 Å². The van der Waals surface area contributed by atoms with Crippen LogP contribution in [-0.4, -0.2) is 13.0 Å². The molecular formula is C15H14ClNO2. The minimum atomic E-state index is -0.190. The summed E-state index contributed by atoms with van der Waals surface area (Å²) in [5.74, 6) is 0.458. The minimum Gasteiger partial charge on any atom is -0.497 e. The quantitative estimate of drug-likeness (QED) is 0.922. The molecule has 0 aliphatic rings. The van der Waals surface area contributed by atoms with E-state index in [0.717, 1.165) is 5.56 Å². The van der Waals surface area contributed by atoms with Crippen molar-refractivity contribution in [2.24, 2.45) is 0 Å². The molecular weight excluding hydrogens is 262 g/mol. The number of halogens is 1. The van der Waals surface area contributed by atoms with E-state index < -0.39 is 0 Å². The van der Waals surface area contributed by atoms with Crippen LogP contribution < -0.4 is 10.1 Å². The minimum absolute atomic E-state index is 0.190. The molecule has 0 spiro atoms. The Labute approximate surface area is 117 Å². The van der Waals surface area contributed by atoms with Gasteiger partial charge in [0.15, 0.2) is 0 Å². The van der Waals surface area contributed by atoms with E-state index in [2.05, 4.69) is 5.32 Å². The van der Waals surface area contributed by atoms with Crippen LogP contribution >= 0.6 is 11.6 Å². The van der Waals surface area contributed by atoms with E-state index >= 15 is 0 Å². The SMILES string of the molecule is COc1cccc(C(=O)Nc2cccc(Cl)c2C)c1. The van der Waals surface area contributed by atoms with Crippen molar-refractivity contribution in [1.82, 2.24) is 0 Å². The van der Waals surface area contributed by atoms with Gasteiger partial charge in [0.25, 0.3) is 5.91 Å². The average Bonchev–Trinajstić information content (AvgIpc) is 2.44. The Morgan fingerprint density at radius 1 is 1.21 bits per heavy atom. The summed E-state index contributed by atoms with van der Waals surface area (Å²) in [6, 6.07) is 12.4. The zero-order valence-electron chi connectivity index (χ0n) is 10.7. The zero-order valence-corrected chi connectivity index (χ0v) is 11.5. The molecule has 0 aliphatic carbocycles. The van der Waals surface area contributed by atoms with Crippen LogP contribution in [0.1, 0.15) is 15.9 Å². The van der Waals surface area contributed by atoms with Crippen LogP contribution in [0.15, 0.2) is 42.5 Å². The first-order chi connectivity index (χ1) is 9.11. The summed E-state index contributed by atoms with van der Waals surface area (Å²) in [7, 11) is 1.57. The van der Waals surface area contributed by atoms with E-state index in [1.54, 1.807) is 43.5 Å². The second kappa shape index (κ2) is 5.76. The molecule has 3 nitrogen and oxygen atoms in total. The summed E-state index contributed by atoms with van der Waals surface area (Å²) >= 11 is 6.02. The highest BCUT2D eigenvalue weighted by molar-refractivity contribution is 6.31. The monoisotopic (exact) mass is 275 g/mol. The number of amides is 1. The first-order valence-electron chi connectivity index (χ1n) is 5.82. The summed E-state index contributed by atoms with van der Waals surface area (Å²) in [6.07, 6.45) is 0. The maximum Gasteiger partial charge on any atom is 0.255 e. The van der Waals surface area contributed by atoms with Crippen molar-refractivity contribution in [3.05, 3.63) is 58.6 Å². The largest absolute Gasteiger partial charge is 0.497 e. The third kappa shape index (κ3) is 3.06. The van der Waals surface area contributed by atoms with Gasteiger partial charge in [-0.1, -0.05) is 23.7 Å². The van der Waals surface area contributed by atoms with Gasteiger partial charge in [0.1, 0.15) is 5.75 Å². The fourth-order valence-electron chi connectivity index (χ4n) is 1.70. The zero-order chi connectivity index (χ0) is 13.8. The Morgan fingerprint density at radius 3 is 2.68 bits per heavy atom. The van der Waals surface area contributed by atoms with E-state index in [-0.39, 0.29) is 5.91 Å². The van der Waals surface area contributed by atoms with Gasteiger partial charge >= 0.3 is 0 Å². The second-order valence-electron chi connectivity index (χ2n) is 4.10. The number of carbonyl (C=O) groups is 1. The third-order valence-corrected chi connectivity index (χ3v) is 3.26. The summed E-state index contributed by atoms with van der Waals surface area (Å²) in [4.78, 5) is 12.1.